The molecule has 0 heterocycles. The molecule has 4 fully saturated rings. The van der Waals surface area contributed by atoms with Gasteiger partial charge in [0.25, 0.3) is 0 Å². The minimum Gasteiger partial charge on any atom is -0.0845 e. The quantitative estimate of drug-likeness (QED) is 0.428. The fourth-order valence-electron chi connectivity index (χ4n) is 8.01. The van der Waals surface area contributed by atoms with Gasteiger partial charge in [0.05, 0.1) is 0 Å². The highest BCUT2D eigenvalue weighted by atomic mass is 14.8. The number of allylic oxidation sites excluding steroid dienone is 2. The summed E-state index contributed by atoms with van der Waals surface area (Å²) in [7, 11) is 0. The van der Waals surface area contributed by atoms with Crippen LogP contribution in [0.1, 0.15) is 52.4 Å². The summed E-state index contributed by atoms with van der Waals surface area (Å²) in [6, 6.07) is 0. The maximum atomic E-state index is 2.69. The molecule has 5 rings (SSSR count). The molecule has 8 unspecified atom stereocenters. The fourth-order valence-corrected chi connectivity index (χ4v) is 8.01. The van der Waals surface area contributed by atoms with Crippen LogP contribution in [-0.2, 0) is 0 Å². The number of fused-ring (bicyclic) bond motifs is 12. The summed E-state index contributed by atoms with van der Waals surface area (Å²) in [5.41, 5.74) is 1.30. The van der Waals surface area contributed by atoms with E-state index in [1.165, 1.54) is 19.3 Å². The van der Waals surface area contributed by atoms with Crippen molar-refractivity contribution in [3.63, 3.8) is 0 Å². The van der Waals surface area contributed by atoms with Gasteiger partial charge in [-0.25, -0.2) is 0 Å². The SMILES string of the molecule is CC12C=CC(C1)C1C3CC(C)(C4CCCCC34)C12. The first-order chi connectivity index (χ1) is 8.63. The molecular weight excluding hydrogens is 216 g/mol. The zero-order valence-corrected chi connectivity index (χ0v) is 11.9. The van der Waals surface area contributed by atoms with Crippen LogP contribution in [0.15, 0.2) is 12.2 Å². The van der Waals surface area contributed by atoms with Gasteiger partial charge in [-0.2, -0.15) is 0 Å². The van der Waals surface area contributed by atoms with Crippen molar-refractivity contribution in [3.05, 3.63) is 12.2 Å². The molecule has 0 aromatic carbocycles. The Morgan fingerprint density at radius 2 is 1.83 bits per heavy atom. The van der Waals surface area contributed by atoms with E-state index < -0.39 is 0 Å². The molecule has 5 aliphatic rings. The van der Waals surface area contributed by atoms with E-state index in [2.05, 4.69) is 26.0 Å². The molecule has 0 aliphatic heterocycles. The first-order valence-electron chi connectivity index (χ1n) is 8.33. The molecule has 18 heavy (non-hydrogen) atoms. The lowest BCUT2D eigenvalue weighted by atomic mass is 9.53. The number of hydrogen-bond acceptors (Lipinski definition) is 0. The van der Waals surface area contributed by atoms with E-state index in [0.717, 1.165) is 35.5 Å². The molecule has 4 saturated carbocycles. The molecule has 0 amide bonds. The second-order valence-electron chi connectivity index (χ2n) is 8.72. The van der Waals surface area contributed by atoms with Gasteiger partial charge in [-0.3, -0.25) is 0 Å². The zero-order valence-electron chi connectivity index (χ0n) is 11.9. The first-order valence-corrected chi connectivity index (χ1v) is 8.33. The van der Waals surface area contributed by atoms with Crippen molar-refractivity contribution in [2.45, 2.75) is 52.4 Å². The number of rotatable bonds is 0. The highest BCUT2D eigenvalue weighted by Crippen LogP contribution is 2.78. The average molecular weight is 242 g/mol. The molecule has 0 saturated heterocycles. The summed E-state index contributed by atoms with van der Waals surface area (Å²) in [4.78, 5) is 0. The van der Waals surface area contributed by atoms with E-state index in [0.29, 0.717) is 10.8 Å². The molecule has 8 atom stereocenters. The van der Waals surface area contributed by atoms with E-state index in [1.807, 2.05) is 0 Å². The van der Waals surface area contributed by atoms with Crippen LogP contribution >= 0.6 is 0 Å². The van der Waals surface area contributed by atoms with Crippen LogP contribution in [0.2, 0.25) is 0 Å². The van der Waals surface area contributed by atoms with Crippen LogP contribution in [0, 0.1) is 46.3 Å². The molecule has 0 aromatic heterocycles. The second-order valence-corrected chi connectivity index (χ2v) is 8.72. The molecule has 0 nitrogen and oxygen atoms in total. The van der Waals surface area contributed by atoms with Crippen LogP contribution in [0.4, 0.5) is 0 Å². The summed E-state index contributed by atoms with van der Waals surface area (Å²) >= 11 is 0. The van der Waals surface area contributed by atoms with Crippen molar-refractivity contribution in [2.75, 3.05) is 0 Å². The number of hydrogen-bond donors (Lipinski definition) is 0. The smallest absolute Gasteiger partial charge is 0.0104 e. The Labute approximate surface area is 111 Å². The summed E-state index contributed by atoms with van der Waals surface area (Å²) in [5.74, 6) is 6.44. The van der Waals surface area contributed by atoms with Gasteiger partial charge >= 0.3 is 0 Å². The van der Waals surface area contributed by atoms with Crippen molar-refractivity contribution in [3.8, 4) is 0 Å². The standard InChI is InChI=1S/C18H26/c1-17-8-7-11(9-17)15-13-10-18(2,16(15)17)14-6-4-3-5-12(13)14/h7-8,11-16H,3-6,9-10H2,1-2H3. The molecule has 4 bridgehead atoms. The third-order valence-corrected chi connectivity index (χ3v) is 8.09. The molecule has 0 N–H and O–H groups in total. The Bertz CT molecular complexity index is 435. The molecular formula is C18H26. The van der Waals surface area contributed by atoms with Gasteiger partial charge in [-0.1, -0.05) is 38.8 Å². The van der Waals surface area contributed by atoms with E-state index >= 15 is 0 Å². The largest absolute Gasteiger partial charge is 0.0845 e. The average Bonchev–Trinajstić information content (AvgIpc) is 3.04. The Hall–Kier alpha value is -0.260. The minimum absolute atomic E-state index is 0.585. The van der Waals surface area contributed by atoms with E-state index in [4.69, 9.17) is 0 Å². The molecule has 0 radical (unpaired) electrons. The lowest BCUT2D eigenvalue weighted by Crippen LogP contribution is -2.46. The van der Waals surface area contributed by atoms with Gasteiger partial charge in [0.2, 0.25) is 0 Å². The van der Waals surface area contributed by atoms with Crippen LogP contribution in [-0.4, -0.2) is 0 Å². The van der Waals surface area contributed by atoms with Crippen molar-refractivity contribution in [1.29, 1.82) is 0 Å². The Morgan fingerprint density at radius 3 is 2.72 bits per heavy atom. The minimum atomic E-state index is 0.585. The van der Waals surface area contributed by atoms with Crippen LogP contribution in [0.25, 0.3) is 0 Å². The zero-order chi connectivity index (χ0) is 12.1. The monoisotopic (exact) mass is 242 g/mol. The maximum Gasteiger partial charge on any atom is -0.0104 e. The Balaban J connectivity index is 1.64. The third kappa shape index (κ3) is 0.927. The molecule has 0 heteroatoms. The van der Waals surface area contributed by atoms with Crippen molar-refractivity contribution < 1.29 is 0 Å². The van der Waals surface area contributed by atoms with Crippen LogP contribution in [0.5, 0.6) is 0 Å². The van der Waals surface area contributed by atoms with Crippen molar-refractivity contribution in [2.24, 2.45) is 46.3 Å². The van der Waals surface area contributed by atoms with Crippen LogP contribution in [0.3, 0.4) is 0 Å². The topological polar surface area (TPSA) is 0 Å². The highest BCUT2D eigenvalue weighted by Gasteiger charge is 2.72. The predicted octanol–water partition coefficient (Wildman–Crippen LogP) is 4.66. The third-order valence-electron chi connectivity index (χ3n) is 8.09. The summed E-state index contributed by atoms with van der Waals surface area (Å²) < 4.78 is 0. The van der Waals surface area contributed by atoms with Gasteiger partial charge < -0.3 is 0 Å². The van der Waals surface area contributed by atoms with Crippen molar-refractivity contribution >= 4 is 0 Å². The van der Waals surface area contributed by atoms with Gasteiger partial charge in [-0.15, -0.1) is 0 Å². The van der Waals surface area contributed by atoms with Gasteiger partial charge in [0.1, 0.15) is 0 Å². The predicted molar refractivity (Wildman–Crippen MR) is 74.0 cm³/mol. The Morgan fingerprint density at radius 1 is 1.00 bits per heavy atom. The lowest BCUT2D eigenvalue weighted by Gasteiger charge is -2.51. The molecule has 5 aliphatic carbocycles. The molecule has 0 aromatic rings. The molecule has 0 spiro atoms. The highest BCUT2D eigenvalue weighted by molar-refractivity contribution is 5.29. The van der Waals surface area contributed by atoms with E-state index in [1.54, 1.807) is 19.3 Å². The maximum absolute atomic E-state index is 2.69. The normalized spacial score (nSPS) is 67.4. The van der Waals surface area contributed by atoms with Crippen LogP contribution < -0.4 is 0 Å². The lowest BCUT2D eigenvalue weighted by molar-refractivity contribution is -0.0188. The van der Waals surface area contributed by atoms with Gasteiger partial charge in [-0.05, 0) is 72.0 Å². The van der Waals surface area contributed by atoms with Crippen molar-refractivity contribution in [1.82, 2.24) is 0 Å². The Kier molecular flexibility index (Phi) is 1.70. The summed E-state index contributed by atoms with van der Waals surface area (Å²) in [6.07, 6.45) is 14.5. The first kappa shape index (κ1) is 10.5. The second kappa shape index (κ2) is 2.91. The fraction of sp³-hybridized carbons (Fsp3) is 0.889. The molecule has 98 valence electrons. The van der Waals surface area contributed by atoms with E-state index in [9.17, 15) is 0 Å². The summed E-state index contributed by atoms with van der Waals surface area (Å²) in [5, 5.41) is 0. The van der Waals surface area contributed by atoms with Gasteiger partial charge in [0, 0.05) is 0 Å². The van der Waals surface area contributed by atoms with Gasteiger partial charge in [0.15, 0.2) is 0 Å². The van der Waals surface area contributed by atoms with E-state index in [-0.39, 0.29) is 0 Å². The summed E-state index contributed by atoms with van der Waals surface area (Å²) in [6.45, 7) is 5.28.